The predicted molar refractivity (Wildman–Crippen MR) is 95.2 cm³/mol. The minimum Gasteiger partial charge on any atom is -0.302 e. The number of amides is 1. The van der Waals surface area contributed by atoms with Crippen molar-refractivity contribution in [3.63, 3.8) is 0 Å². The highest BCUT2D eigenvalue weighted by Crippen LogP contribution is 2.27. The Hall–Kier alpha value is -1.43. The Bertz CT molecular complexity index is 684. The van der Waals surface area contributed by atoms with Crippen LogP contribution in [-0.2, 0) is 24.2 Å². The van der Waals surface area contributed by atoms with E-state index in [9.17, 15) is 4.79 Å². The molecule has 1 aliphatic rings. The highest BCUT2D eigenvalue weighted by molar-refractivity contribution is 7.15. The van der Waals surface area contributed by atoms with Gasteiger partial charge in [-0.1, -0.05) is 23.7 Å². The Morgan fingerprint density at radius 1 is 1.39 bits per heavy atom. The van der Waals surface area contributed by atoms with Gasteiger partial charge in [0.1, 0.15) is 0 Å². The molecular weight excluding hydrogens is 330 g/mol. The number of anilines is 1. The molecule has 0 radical (unpaired) electrons. The molecule has 1 amide bonds. The van der Waals surface area contributed by atoms with Gasteiger partial charge in [-0.3, -0.25) is 4.79 Å². The second kappa shape index (κ2) is 7.43. The van der Waals surface area contributed by atoms with Crippen molar-refractivity contribution in [3.8, 4) is 0 Å². The van der Waals surface area contributed by atoms with Crippen LogP contribution in [0.1, 0.15) is 29.0 Å². The summed E-state index contributed by atoms with van der Waals surface area (Å²) >= 11 is 7.47. The number of carbonyl (C=O) groups is 1. The number of aryl methyl sites for hydroxylation is 1. The van der Waals surface area contributed by atoms with E-state index in [2.05, 4.69) is 22.2 Å². The molecule has 0 bridgehead atoms. The van der Waals surface area contributed by atoms with Crippen LogP contribution in [0, 0.1) is 0 Å². The van der Waals surface area contributed by atoms with Crippen LogP contribution < -0.4 is 5.32 Å². The lowest BCUT2D eigenvalue weighted by molar-refractivity contribution is -0.116. The van der Waals surface area contributed by atoms with Crippen molar-refractivity contribution < 1.29 is 4.79 Å². The number of fused-ring (bicyclic) bond motifs is 1. The SMILES string of the molecule is CN1CCc2nc(NC(=O)CCCc3ccc(Cl)cc3)sc2C1. The van der Waals surface area contributed by atoms with Crippen LogP contribution in [0.15, 0.2) is 24.3 Å². The molecule has 2 heterocycles. The molecule has 1 aromatic heterocycles. The molecule has 0 saturated heterocycles. The van der Waals surface area contributed by atoms with E-state index in [4.69, 9.17) is 11.6 Å². The molecule has 0 fully saturated rings. The van der Waals surface area contributed by atoms with Crippen molar-refractivity contribution in [2.75, 3.05) is 18.9 Å². The first-order valence-corrected chi connectivity index (χ1v) is 9.01. The van der Waals surface area contributed by atoms with E-state index in [0.29, 0.717) is 6.42 Å². The molecule has 0 spiro atoms. The highest BCUT2D eigenvalue weighted by atomic mass is 35.5. The molecule has 3 rings (SSSR count). The molecule has 0 unspecified atom stereocenters. The zero-order valence-corrected chi connectivity index (χ0v) is 14.7. The van der Waals surface area contributed by atoms with Gasteiger partial charge in [-0.2, -0.15) is 0 Å². The minimum atomic E-state index is 0.0402. The standard InChI is InChI=1S/C17H20ClN3OS/c1-21-10-9-14-15(11-21)23-17(19-14)20-16(22)4-2-3-12-5-7-13(18)8-6-12/h5-8H,2-4,9-11H2,1H3,(H,19,20,22). The van der Waals surface area contributed by atoms with Crippen LogP contribution in [0.25, 0.3) is 0 Å². The molecule has 122 valence electrons. The summed E-state index contributed by atoms with van der Waals surface area (Å²) in [4.78, 5) is 20.2. The molecule has 23 heavy (non-hydrogen) atoms. The molecule has 4 nitrogen and oxygen atoms in total. The summed E-state index contributed by atoms with van der Waals surface area (Å²) in [7, 11) is 2.11. The maximum Gasteiger partial charge on any atom is 0.226 e. The van der Waals surface area contributed by atoms with Crippen LogP contribution in [0.4, 0.5) is 5.13 Å². The minimum absolute atomic E-state index is 0.0402. The topological polar surface area (TPSA) is 45.2 Å². The zero-order valence-electron chi connectivity index (χ0n) is 13.1. The van der Waals surface area contributed by atoms with Gasteiger partial charge in [0.2, 0.25) is 5.91 Å². The largest absolute Gasteiger partial charge is 0.302 e. The van der Waals surface area contributed by atoms with Crippen molar-refractivity contribution in [3.05, 3.63) is 45.4 Å². The number of rotatable bonds is 5. The third-order valence-corrected chi connectivity index (χ3v) is 5.20. The van der Waals surface area contributed by atoms with E-state index in [-0.39, 0.29) is 5.91 Å². The van der Waals surface area contributed by atoms with Gasteiger partial charge in [0.15, 0.2) is 5.13 Å². The Kier molecular flexibility index (Phi) is 5.30. The lowest BCUT2D eigenvalue weighted by Gasteiger charge is -2.20. The maximum absolute atomic E-state index is 12.1. The summed E-state index contributed by atoms with van der Waals surface area (Å²) in [5.74, 6) is 0.0402. The summed E-state index contributed by atoms with van der Waals surface area (Å²) < 4.78 is 0. The van der Waals surface area contributed by atoms with Crippen LogP contribution in [0.2, 0.25) is 5.02 Å². The van der Waals surface area contributed by atoms with Crippen LogP contribution in [0.5, 0.6) is 0 Å². The Labute approximate surface area is 145 Å². The fourth-order valence-electron chi connectivity index (χ4n) is 2.66. The van der Waals surface area contributed by atoms with Crippen molar-refractivity contribution in [2.24, 2.45) is 0 Å². The van der Waals surface area contributed by atoms with Gasteiger partial charge < -0.3 is 10.2 Å². The number of hydrogen-bond acceptors (Lipinski definition) is 4. The molecule has 6 heteroatoms. The van der Waals surface area contributed by atoms with E-state index in [1.54, 1.807) is 11.3 Å². The predicted octanol–water partition coefficient (Wildman–Crippen LogP) is 3.75. The number of nitrogens with zero attached hydrogens (tertiary/aromatic N) is 2. The number of carbonyl (C=O) groups excluding carboxylic acids is 1. The van der Waals surface area contributed by atoms with Gasteiger partial charge in [0.05, 0.1) is 5.69 Å². The first-order chi connectivity index (χ1) is 11.1. The van der Waals surface area contributed by atoms with Crippen molar-refractivity contribution in [1.82, 2.24) is 9.88 Å². The summed E-state index contributed by atoms with van der Waals surface area (Å²) in [5.41, 5.74) is 2.35. The Morgan fingerprint density at radius 2 is 2.17 bits per heavy atom. The molecule has 0 saturated carbocycles. The van der Waals surface area contributed by atoms with Gasteiger partial charge in [-0.15, -0.1) is 11.3 Å². The smallest absolute Gasteiger partial charge is 0.226 e. The van der Waals surface area contributed by atoms with Gasteiger partial charge >= 0.3 is 0 Å². The molecule has 2 aromatic rings. The van der Waals surface area contributed by atoms with E-state index >= 15 is 0 Å². The fraction of sp³-hybridized carbons (Fsp3) is 0.412. The molecule has 0 aliphatic carbocycles. The first-order valence-electron chi connectivity index (χ1n) is 7.81. The zero-order chi connectivity index (χ0) is 16.2. The van der Waals surface area contributed by atoms with Crippen LogP contribution in [-0.4, -0.2) is 29.4 Å². The summed E-state index contributed by atoms with van der Waals surface area (Å²) in [6, 6.07) is 7.78. The number of benzene rings is 1. The number of hydrogen-bond donors (Lipinski definition) is 1. The fourth-order valence-corrected chi connectivity index (χ4v) is 3.89. The number of halogens is 1. The maximum atomic E-state index is 12.1. The van der Waals surface area contributed by atoms with Crippen molar-refractivity contribution >= 4 is 34.0 Å². The van der Waals surface area contributed by atoms with Gasteiger partial charge in [0, 0.05) is 35.8 Å². The molecular formula is C17H20ClN3OS. The average molecular weight is 350 g/mol. The van der Waals surface area contributed by atoms with Gasteiger partial charge in [0.25, 0.3) is 0 Å². The summed E-state index contributed by atoms with van der Waals surface area (Å²) in [6.07, 6.45) is 3.17. The van der Waals surface area contributed by atoms with Gasteiger partial charge in [-0.05, 0) is 37.6 Å². The van der Waals surface area contributed by atoms with E-state index in [0.717, 1.165) is 48.2 Å². The second-order valence-electron chi connectivity index (χ2n) is 5.90. The average Bonchev–Trinajstić information content (AvgIpc) is 2.90. The quantitative estimate of drug-likeness (QED) is 0.894. The molecule has 1 aliphatic heterocycles. The van der Waals surface area contributed by atoms with Crippen LogP contribution >= 0.6 is 22.9 Å². The van der Waals surface area contributed by atoms with E-state index < -0.39 is 0 Å². The Morgan fingerprint density at radius 3 is 2.96 bits per heavy atom. The van der Waals surface area contributed by atoms with Crippen molar-refractivity contribution in [1.29, 1.82) is 0 Å². The summed E-state index contributed by atoms with van der Waals surface area (Å²) in [5, 5.41) is 4.42. The number of nitrogens with one attached hydrogen (secondary N) is 1. The monoisotopic (exact) mass is 349 g/mol. The second-order valence-corrected chi connectivity index (χ2v) is 7.42. The number of thiazole rings is 1. The third-order valence-electron chi connectivity index (χ3n) is 3.95. The molecule has 0 atom stereocenters. The first kappa shape index (κ1) is 16.4. The molecule has 1 N–H and O–H groups in total. The summed E-state index contributed by atoms with van der Waals surface area (Å²) in [6.45, 7) is 1.96. The lowest BCUT2D eigenvalue weighted by atomic mass is 10.1. The third kappa shape index (κ3) is 4.53. The lowest BCUT2D eigenvalue weighted by Crippen LogP contribution is -2.25. The molecule has 1 aromatic carbocycles. The highest BCUT2D eigenvalue weighted by Gasteiger charge is 2.18. The number of likely N-dealkylation sites (N-methyl/N-ethyl adjacent to an activating group) is 1. The van der Waals surface area contributed by atoms with E-state index in [1.165, 1.54) is 10.4 Å². The normalized spacial score (nSPS) is 14.5. The van der Waals surface area contributed by atoms with Crippen LogP contribution in [0.3, 0.4) is 0 Å². The number of aromatic nitrogens is 1. The van der Waals surface area contributed by atoms with Crippen molar-refractivity contribution in [2.45, 2.75) is 32.2 Å². The van der Waals surface area contributed by atoms with Gasteiger partial charge in [-0.25, -0.2) is 4.98 Å². The Balaban J connectivity index is 1.47. The van der Waals surface area contributed by atoms with E-state index in [1.807, 2.05) is 24.3 Å².